The number of ether oxygens (including phenoxy) is 1. The molecule has 2 amide bonds. The summed E-state index contributed by atoms with van der Waals surface area (Å²) in [4.78, 5) is 28.3. The normalized spacial score (nSPS) is 21.2. The molecule has 158 valence electrons. The maximum atomic E-state index is 13.1. The third-order valence-electron chi connectivity index (χ3n) is 6.01. The van der Waals surface area contributed by atoms with Crippen LogP contribution < -0.4 is 9.64 Å². The number of benzene rings is 1. The number of anilines is 1. The Balaban J connectivity index is 1.61. The predicted octanol–water partition coefficient (Wildman–Crippen LogP) is 1.46. The number of hydrogen-bond acceptors (Lipinski definition) is 5. The highest BCUT2D eigenvalue weighted by Gasteiger charge is 2.33. The van der Waals surface area contributed by atoms with Crippen LogP contribution in [-0.4, -0.2) is 68.8 Å². The van der Waals surface area contributed by atoms with Gasteiger partial charge in [0.1, 0.15) is 12.3 Å². The van der Waals surface area contributed by atoms with Crippen molar-refractivity contribution >= 4 is 27.5 Å². The van der Waals surface area contributed by atoms with Crippen molar-refractivity contribution in [3.63, 3.8) is 0 Å². The molecule has 0 atom stereocenters. The zero-order chi connectivity index (χ0) is 20.6. The Morgan fingerprint density at radius 1 is 1.14 bits per heavy atom. The van der Waals surface area contributed by atoms with Crippen molar-refractivity contribution in [2.75, 3.05) is 44.2 Å². The van der Waals surface area contributed by atoms with Crippen LogP contribution in [0.5, 0.6) is 5.75 Å². The van der Waals surface area contributed by atoms with Crippen molar-refractivity contribution in [2.24, 2.45) is 5.92 Å². The Bertz CT molecular complexity index is 903. The second-order valence-electron chi connectivity index (χ2n) is 8.07. The number of hydrogen-bond donors (Lipinski definition) is 0. The summed E-state index contributed by atoms with van der Waals surface area (Å²) in [6.45, 7) is 4.26. The third-order valence-corrected chi connectivity index (χ3v) is 7.90. The van der Waals surface area contributed by atoms with Crippen molar-refractivity contribution in [2.45, 2.75) is 37.5 Å². The lowest BCUT2D eigenvalue weighted by atomic mass is 10.0. The van der Waals surface area contributed by atoms with E-state index in [1.807, 2.05) is 0 Å². The number of sulfonamides is 1. The summed E-state index contributed by atoms with van der Waals surface area (Å²) in [7, 11) is -3.66. The monoisotopic (exact) mass is 421 g/mol. The van der Waals surface area contributed by atoms with Crippen LogP contribution in [0.4, 0.5) is 5.69 Å². The van der Waals surface area contributed by atoms with Gasteiger partial charge in [-0.15, -0.1) is 0 Å². The van der Waals surface area contributed by atoms with Crippen LogP contribution >= 0.6 is 0 Å². The molecule has 9 heteroatoms. The highest BCUT2D eigenvalue weighted by atomic mass is 32.2. The van der Waals surface area contributed by atoms with Gasteiger partial charge in [0, 0.05) is 26.2 Å². The third kappa shape index (κ3) is 3.98. The van der Waals surface area contributed by atoms with E-state index in [9.17, 15) is 18.0 Å². The van der Waals surface area contributed by atoms with Crippen LogP contribution in [0.3, 0.4) is 0 Å². The van der Waals surface area contributed by atoms with Gasteiger partial charge in [0.2, 0.25) is 15.9 Å². The summed E-state index contributed by atoms with van der Waals surface area (Å²) < 4.78 is 33.2. The van der Waals surface area contributed by atoms with Gasteiger partial charge in [-0.2, -0.15) is 4.31 Å². The van der Waals surface area contributed by atoms with Gasteiger partial charge < -0.3 is 9.64 Å². The Morgan fingerprint density at radius 2 is 1.83 bits per heavy atom. The van der Waals surface area contributed by atoms with E-state index >= 15 is 0 Å². The molecule has 0 saturated carbocycles. The summed E-state index contributed by atoms with van der Waals surface area (Å²) in [5, 5.41) is 0. The first-order valence-electron chi connectivity index (χ1n) is 10.2. The van der Waals surface area contributed by atoms with E-state index in [-0.39, 0.29) is 29.9 Å². The predicted molar refractivity (Wildman–Crippen MR) is 107 cm³/mol. The molecular weight excluding hydrogens is 394 g/mol. The van der Waals surface area contributed by atoms with Crippen molar-refractivity contribution in [3.05, 3.63) is 18.2 Å². The van der Waals surface area contributed by atoms with Gasteiger partial charge in [-0.1, -0.05) is 6.92 Å². The van der Waals surface area contributed by atoms with Gasteiger partial charge >= 0.3 is 0 Å². The minimum atomic E-state index is -3.66. The summed E-state index contributed by atoms with van der Waals surface area (Å²) >= 11 is 0. The van der Waals surface area contributed by atoms with E-state index < -0.39 is 10.0 Å². The van der Waals surface area contributed by atoms with E-state index in [1.165, 1.54) is 21.3 Å². The summed E-state index contributed by atoms with van der Waals surface area (Å²) in [5.74, 6) is 0.474. The van der Waals surface area contributed by atoms with Crippen molar-refractivity contribution in [1.29, 1.82) is 0 Å². The van der Waals surface area contributed by atoms with Gasteiger partial charge in [0.15, 0.2) is 6.61 Å². The molecule has 1 aromatic carbocycles. The molecule has 2 fully saturated rings. The van der Waals surface area contributed by atoms with E-state index in [4.69, 9.17) is 4.74 Å². The molecule has 8 nitrogen and oxygen atoms in total. The Kier molecular flexibility index (Phi) is 5.52. The largest absolute Gasteiger partial charge is 0.482 e. The lowest BCUT2D eigenvalue weighted by Crippen LogP contribution is -2.46. The Morgan fingerprint density at radius 3 is 2.52 bits per heavy atom. The van der Waals surface area contributed by atoms with E-state index in [2.05, 4.69) is 6.92 Å². The second kappa shape index (κ2) is 7.95. The summed E-state index contributed by atoms with van der Waals surface area (Å²) in [6.07, 6.45) is 3.61. The number of rotatable bonds is 4. The first kappa shape index (κ1) is 20.2. The summed E-state index contributed by atoms with van der Waals surface area (Å²) in [6, 6.07) is 4.56. The molecule has 2 saturated heterocycles. The van der Waals surface area contributed by atoms with Crippen LogP contribution in [0, 0.1) is 5.92 Å². The standard InChI is InChI=1S/C20H27N3O5S/c1-15-6-10-22(11-7-15)29(26,27)16-4-5-18-17(12-16)23(20(25)14-28-18)13-19(24)21-8-2-3-9-21/h4-5,12,15H,2-3,6-11,13-14H2,1H3. The van der Waals surface area contributed by atoms with Crippen LogP contribution in [0.1, 0.15) is 32.6 Å². The van der Waals surface area contributed by atoms with E-state index in [1.54, 1.807) is 11.0 Å². The zero-order valence-corrected chi connectivity index (χ0v) is 17.5. The van der Waals surface area contributed by atoms with Gasteiger partial charge in [-0.05, 0) is 49.8 Å². The zero-order valence-electron chi connectivity index (χ0n) is 16.7. The molecule has 3 heterocycles. The van der Waals surface area contributed by atoms with Crippen molar-refractivity contribution in [3.8, 4) is 5.75 Å². The van der Waals surface area contributed by atoms with Gasteiger partial charge in [0.05, 0.1) is 10.6 Å². The SMILES string of the molecule is CC1CCN(S(=O)(=O)c2ccc3c(c2)N(CC(=O)N2CCCC2)C(=O)CO3)CC1. The minimum absolute atomic E-state index is 0.0973. The van der Waals surface area contributed by atoms with Crippen LogP contribution in [0.25, 0.3) is 0 Å². The first-order valence-corrected chi connectivity index (χ1v) is 11.7. The van der Waals surface area contributed by atoms with E-state index in [0.29, 0.717) is 43.5 Å². The fourth-order valence-corrected chi connectivity index (χ4v) is 5.58. The number of carbonyl (C=O) groups is 2. The molecule has 0 unspecified atom stereocenters. The quantitative estimate of drug-likeness (QED) is 0.735. The van der Waals surface area contributed by atoms with Gasteiger partial charge in [-0.3, -0.25) is 14.5 Å². The second-order valence-corrected chi connectivity index (χ2v) is 10.0. The highest BCUT2D eigenvalue weighted by Crippen LogP contribution is 2.35. The first-order chi connectivity index (χ1) is 13.9. The number of piperidine rings is 1. The molecule has 0 bridgehead atoms. The maximum Gasteiger partial charge on any atom is 0.265 e. The highest BCUT2D eigenvalue weighted by molar-refractivity contribution is 7.89. The van der Waals surface area contributed by atoms with E-state index in [0.717, 1.165) is 25.7 Å². The van der Waals surface area contributed by atoms with Gasteiger partial charge in [0.25, 0.3) is 5.91 Å². The Hall–Kier alpha value is -2.13. The summed E-state index contributed by atoms with van der Waals surface area (Å²) in [5.41, 5.74) is 0.347. The molecule has 3 aliphatic rings. The molecule has 1 aromatic rings. The van der Waals surface area contributed by atoms with Crippen molar-refractivity contribution in [1.82, 2.24) is 9.21 Å². The number of amides is 2. The fourth-order valence-electron chi connectivity index (χ4n) is 4.09. The van der Waals surface area contributed by atoms with Gasteiger partial charge in [-0.25, -0.2) is 8.42 Å². The number of likely N-dealkylation sites (tertiary alicyclic amines) is 1. The molecule has 4 rings (SSSR count). The average Bonchev–Trinajstić information content (AvgIpc) is 3.25. The fraction of sp³-hybridized carbons (Fsp3) is 0.600. The molecule has 3 aliphatic heterocycles. The average molecular weight is 422 g/mol. The number of nitrogens with zero attached hydrogens (tertiary/aromatic N) is 3. The smallest absolute Gasteiger partial charge is 0.265 e. The maximum absolute atomic E-state index is 13.1. The molecule has 29 heavy (non-hydrogen) atoms. The van der Waals surface area contributed by atoms with Crippen LogP contribution in [0.15, 0.2) is 23.1 Å². The topological polar surface area (TPSA) is 87.2 Å². The molecule has 0 spiro atoms. The van der Waals surface area contributed by atoms with Crippen molar-refractivity contribution < 1.29 is 22.7 Å². The molecule has 0 aromatic heterocycles. The molecular formula is C20H27N3O5S. The van der Waals surface area contributed by atoms with Crippen LogP contribution in [0.2, 0.25) is 0 Å². The molecule has 0 N–H and O–H groups in total. The number of fused-ring (bicyclic) bond motifs is 1. The molecule has 0 aliphatic carbocycles. The molecule has 0 radical (unpaired) electrons. The minimum Gasteiger partial charge on any atom is -0.482 e. The lowest BCUT2D eigenvalue weighted by Gasteiger charge is -2.32. The Labute approximate surface area is 171 Å². The van der Waals surface area contributed by atoms with Crippen LogP contribution in [-0.2, 0) is 19.6 Å². The lowest BCUT2D eigenvalue weighted by molar-refractivity contribution is -0.131. The number of carbonyl (C=O) groups excluding carboxylic acids is 2.